The first-order valence-electron chi connectivity index (χ1n) is 7.21. The van der Waals surface area contributed by atoms with Crippen LogP contribution in [0.1, 0.15) is 35.6 Å². The van der Waals surface area contributed by atoms with E-state index in [1.165, 1.54) is 12.1 Å². The third-order valence-corrected chi connectivity index (χ3v) is 4.55. The monoisotopic (exact) mass is 302 g/mol. The largest absolute Gasteiger partial charge is 0.416 e. The highest BCUT2D eigenvalue weighted by atomic mass is 19.4. The first kappa shape index (κ1) is 14.9. The van der Waals surface area contributed by atoms with Crippen LogP contribution >= 0.6 is 0 Å². The highest BCUT2D eigenvalue weighted by Gasteiger charge is 2.40. The third-order valence-electron chi connectivity index (χ3n) is 4.55. The summed E-state index contributed by atoms with van der Waals surface area (Å²) in [4.78, 5) is 0. The first-order chi connectivity index (χ1) is 10.3. The average molecular weight is 302 g/mol. The van der Waals surface area contributed by atoms with E-state index in [1.807, 2.05) is 26.0 Å². The van der Waals surface area contributed by atoms with E-state index < -0.39 is 17.2 Å². The Morgan fingerprint density at radius 1 is 1.05 bits per heavy atom. The van der Waals surface area contributed by atoms with Crippen LogP contribution < -0.4 is 0 Å². The van der Waals surface area contributed by atoms with Crippen LogP contribution in [0, 0.1) is 6.92 Å². The molecule has 1 atom stereocenters. The molecule has 0 amide bonds. The molecule has 0 aliphatic heterocycles. The summed E-state index contributed by atoms with van der Waals surface area (Å²) in [5.74, 6) is 0. The Hall–Kier alpha value is -2.03. The second-order valence-electron chi connectivity index (χ2n) is 6.13. The van der Waals surface area contributed by atoms with E-state index in [1.54, 1.807) is 12.1 Å². The van der Waals surface area contributed by atoms with Crippen molar-refractivity contribution in [2.75, 3.05) is 0 Å². The molecule has 1 aliphatic carbocycles. The molecular weight excluding hydrogens is 285 g/mol. The van der Waals surface area contributed by atoms with Gasteiger partial charge in [-0.25, -0.2) is 0 Å². The lowest BCUT2D eigenvalue weighted by molar-refractivity contribution is -0.137. The Bertz CT molecular complexity index is 756. The zero-order chi connectivity index (χ0) is 16.1. The predicted molar refractivity (Wildman–Crippen MR) is 82.9 cm³/mol. The van der Waals surface area contributed by atoms with Crippen LogP contribution in [0.25, 0.3) is 11.1 Å². The van der Waals surface area contributed by atoms with E-state index >= 15 is 0 Å². The van der Waals surface area contributed by atoms with Crippen LogP contribution in [-0.4, -0.2) is 0 Å². The predicted octanol–water partition coefficient (Wildman–Crippen LogP) is 5.88. The van der Waals surface area contributed by atoms with Gasteiger partial charge in [0.25, 0.3) is 0 Å². The number of allylic oxidation sites excluding steroid dienone is 1. The van der Waals surface area contributed by atoms with Crippen LogP contribution in [-0.2, 0) is 11.6 Å². The minimum absolute atomic E-state index is 0.459. The maximum Gasteiger partial charge on any atom is 0.416 e. The van der Waals surface area contributed by atoms with Crippen LogP contribution in [0.5, 0.6) is 0 Å². The second-order valence-corrected chi connectivity index (χ2v) is 6.13. The van der Waals surface area contributed by atoms with Gasteiger partial charge >= 0.3 is 6.18 Å². The van der Waals surface area contributed by atoms with Gasteiger partial charge in [0.15, 0.2) is 0 Å². The van der Waals surface area contributed by atoms with E-state index in [2.05, 4.69) is 12.6 Å². The van der Waals surface area contributed by atoms with Gasteiger partial charge in [-0.05, 0) is 47.7 Å². The van der Waals surface area contributed by atoms with E-state index in [9.17, 15) is 13.2 Å². The molecule has 0 spiro atoms. The Balaban J connectivity index is 2.29. The van der Waals surface area contributed by atoms with Crippen molar-refractivity contribution in [2.45, 2.75) is 31.9 Å². The molecule has 0 heterocycles. The topological polar surface area (TPSA) is 0 Å². The lowest BCUT2D eigenvalue weighted by Crippen LogP contribution is -2.20. The molecule has 114 valence electrons. The quantitative estimate of drug-likeness (QED) is 0.608. The fraction of sp³-hybridized carbons (Fsp3) is 0.263. The minimum Gasteiger partial charge on any atom is -0.166 e. The van der Waals surface area contributed by atoms with Crippen molar-refractivity contribution in [3.63, 3.8) is 0 Å². The van der Waals surface area contributed by atoms with E-state index in [0.29, 0.717) is 6.42 Å². The van der Waals surface area contributed by atoms with Gasteiger partial charge in [0.1, 0.15) is 0 Å². The summed E-state index contributed by atoms with van der Waals surface area (Å²) in [6.07, 6.45) is -1.94. The summed E-state index contributed by atoms with van der Waals surface area (Å²) in [5.41, 5.74) is 3.80. The molecule has 2 aromatic rings. The van der Waals surface area contributed by atoms with Crippen molar-refractivity contribution >= 4 is 0 Å². The molecule has 0 saturated heterocycles. The smallest absolute Gasteiger partial charge is 0.166 e. The van der Waals surface area contributed by atoms with Crippen LogP contribution in [0.3, 0.4) is 0 Å². The lowest BCUT2D eigenvalue weighted by Gasteiger charge is -2.26. The summed E-state index contributed by atoms with van der Waals surface area (Å²) in [6.45, 7) is 7.78. The van der Waals surface area contributed by atoms with Gasteiger partial charge in [0.2, 0.25) is 0 Å². The zero-order valence-corrected chi connectivity index (χ0v) is 12.6. The zero-order valence-electron chi connectivity index (χ0n) is 12.6. The molecule has 22 heavy (non-hydrogen) atoms. The highest BCUT2D eigenvalue weighted by Crippen LogP contribution is 2.52. The lowest BCUT2D eigenvalue weighted by atomic mass is 9.77. The van der Waals surface area contributed by atoms with Crippen molar-refractivity contribution in [1.29, 1.82) is 0 Å². The standard InChI is InChI=1S/C19H17F3/c1-4-9-18(3)16-10-12(2)5-7-14(16)15-8-6-13(11-17(15)18)19(20,21)22/h4-8,10-11H,1,9H2,2-3H3. The number of halogens is 3. The van der Waals surface area contributed by atoms with Crippen molar-refractivity contribution < 1.29 is 13.2 Å². The second kappa shape index (κ2) is 4.73. The molecule has 0 aromatic heterocycles. The summed E-state index contributed by atoms with van der Waals surface area (Å²) >= 11 is 0. The van der Waals surface area contributed by atoms with Gasteiger partial charge in [-0.1, -0.05) is 42.8 Å². The average Bonchev–Trinajstić information content (AvgIpc) is 2.68. The van der Waals surface area contributed by atoms with E-state index in [4.69, 9.17) is 0 Å². The number of benzene rings is 2. The minimum atomic E-state index is -4.32. The van der Waals surface area contributed by atoms with Crippen molar-refractivity contribution in [3.05, 3.63) is 71.3 Å². The first-order valence-corrected chi connectivity index (χ1v) is 7.21. The molecule has 0 fully saturated rings. The molecule has 3 rings (SSSR count). The number of fused-ring (bicyclic) bond motifs is 3. The molecular formula is C19H17F3. The van der Waals surface area contributed by atoms with Crippen molar-refractivity contribution in [2.24, 2.45) is 0 Å². The molecule has 2 aromatic carbocycles. The number of hydrogen-bond acceptors (Lipinski definition) is 0. The summed E-state index contributed by atoms with van der Waals surface area (Å²) in [7, 11) is 0. The van der Waals surface area contributed by atoms with Gasteiger partial charge < -0.3 is 0 Å². The van der Waals surface area contributed by atoms with Crippen molar-refractivity contribution in [3.8, 4) is 11.1 Å². The number of rotatable bonds is 2. The molecule has 0 N–H and O–H groups in total. The van der Waals surface area contributed by atoms with Gasteiger partial charge in [0, 0.05) is 5.41 Å². The van der Waals surface area contributed by atoms with Gasteiger partial charge in [0.05, 0.1) is 5.56 Å². The molecule has 3 heteroatoms. The Labute approximate surface area is 128 Å². The van der Waals surface area contributed by atoms with E-state index in [-0.39, 0.29) is 0 Å². The molecule has 0 saturated carbocycles. The Morgan fingerprint density at radius 3 is 2.23 bits per heavy atom. The maximum absolute atomic E-state index is 13.1. The highest BCUT2D eigenvalue weighted by molar-refractivity contribution is 5.81. The summed E-state index contributed by atoms with van der Waals surface area (Å²) in [5, 5.41) is 0. The normalized spacial score (nSPS) is 19.7. The van der Waals surface area contributed by atoms with Crippen LogP contribution in [0.4, 0.5) is 13.2 Å². The van der Waals surface area contributed by atoms with Crippen molar-refractivity contribution in [1.82, 2.24) is 0 Å². The molecule has 0 radical (unpaired) electrons. The number of alkyl halides is 3. The molecule has 0 bridgehead atoms. The van der Waals surface area contributed by atoms with Gasteiger partial charge in [-0.15, -0.1) is 6.58 Å². The molecule has 1 aliphatic rings. The summed E-state index contributed by atoms with van der Waals surface area (Å²) in [6, 6.07) is 10.1. The Morgan fingerprint density at radius 2 is 1.64 bits per heavy atom. The maximum atomic E-state index is 13.1. The summed E-state index contributed by atoms with van der Waals surface area (Å²) < 4.78 is 39.2. The molecule has 0 nitrogen and oxygen atoms in total. The van der Waals surface area contributed by atoms with Gasteiger partial charge in [-0.2, -0.15) is 13.2 Å². The fourth-order valence-corrected chi connectivity index (χ4v) is 3.42. The SMILES string of the molecule is C=CCC1(C)c2cc(C)ccc2-c2ccc(C(F)(F)F)cc21. The fourth-order valence-electron chi connectivity index (χ4n) is 3.42. The van der Waals surface area contributed by atoms with Crippen LogP contribution in [0.15, 0.2) is 49.1 Å². The van der Waals surface area contributed by atoms with Crippen LogP contribution in [0.2, 0.25) is 0 Å². The number of hydrogen-bond donors (Lipinski definition) is 0. The van der Waals surface area contributed by atoms with E-state index in [0.717, 1.165) is 27.8 Å². The third kappa shape index (κ3) is 2.07. The van der Waals surface area contributed by atoms with Gasteiger partial charge in [-0.3, -0.25) is 0 Å². The number of aryl methyl sites for hydroxylation is 1. The molecule has 1 unspecified atom stereocenters. The Kier molecular flexibility index (Phi) is 3.20.